The van der Waals surface area contributed by atoms with E-state index < -0.39 is 0 Å². The summed E-state index contributed by atoms with van der Waals surface area (Å²) in [6.07, 6.45) is 3.42. The van der Waals surface area contributed by atoms with Crippen molar-refractivity contribution in [2.24, 2.45) is 0 Å². The Kier molecular flexibility index (Phi) is 5.85. The summed E-state index contributed by atoms with van der Waals surface area (Å²) in [7, 11) is 0. The third-order valence-corrected chi connectivity index (χ3v) is 5.29. The van der Waals surface area contributed by atoms with Gasteiger partial charge in [0.25, 0.3) is 0 Å². The van der Waals surface area contributed by atoms with Crippen LogP contribution in [0.15, 0.2) is 78.2 Å². The highest BCUT2D eigenvalue weighted by Crippen LogP contribution is 2.27. The monoisotopic (exact) mass is 419 g/mol. The number of hydrogen-bond donors (Lipinski definition) is 1. The number of carbonyl (C=O) groups excluding carboxylic acids is 1. The normalized spacial score (nSPS) is 10.7. The summed E-state index contributed by atoms with van der Waals surface area (Å²) in [5, 5.41) is 12.0. The highest BCUT2D eigenvalue weighted by atomic mass is 32.2. The maximum absolute atomic E-state index is 13.3. The molecule has 0 unspecified atom stereocenters. The maximum atomic E-state index is 13.3. The van der Waals surface area contributed by atoms with Crippen LogP contribution in [-0.2, 0) is 4.79 Å². The van der Waals surface area contributed by atoms with Gasteiger partial charge in [-0.05, 0) is 55.0 Å². The summed E-state index contributed by atoms with van der Waals surface area (Å²) >= 11 is 1.28. The second-order valence-corrected chi connectivity index (χ2v) is 7.46. The van der Waals surface area contributed by atoms with E-state index >= 15 is 0 Å². The number of nitrogens with zero attached hydrogens (tertiary/aromatic N) is 4. The lowest BCUT2D eigenvalue weighted by Crippen LogP contribution is -2.15. The van der Waals surface area contributed by atoms with Gasteiger partial charge in [0.1, 0.15) is 5.82 Å². The molecule has 0 spiro atoms. The molecule has 0 aliphatic carbocycles. The van der Waals surface area contributed by atoms with Crippen LogP contribution in [0.5, 0.6) is 0 Å². The molecule has 0 saturated heterocycles. The standard InChI is InChI=1S/C22H18FN5OS/c1-15-12-17(23)9-10-19(15)25-20(29)14-30-22-27-26-21(16-6-5-11-24-13-16)28(22)18-7-3-2-4-8-18/h2-13H,14H2,1H3,(H,25,29). The van der Waals surface area contributed by atoms with Gasteiger partial charge >= 0.3 is 0 Å². The number of anilines is 1. The van der Waals surface area contributed by atoms with Gasteiger partial charge in [-0.25, -0.2) is 4.39 Å². The van der Waals surface area contributed by atoms with Crippen molar-refractivity contribution in [2.45, 2.75) is 12.1 Å². The summed E-state index contributed by atoms with van der Waals surface area (Å²) in [6.45, 7) is 1.75. The number of para-hydroxylation sites is 1. The van der Waals surface area contributed by atoms with E-state index in [1.54, 1.807) is 25.4 Å². The lowest BCUT2D eigenvalue weighted by molar-refractivity contribution is -0.113. The molecule has 0 aliphatic rings. The molecule has 0 bridgehead atoms. The first-order valence-corrected chi connectivity index (χ1v) is 10.2. The van der Waals surface area contributed by atoms with Crippen LogP contribution < -0.4 is 5.32 Å². The molecule has 0 saturated carbocycles. The van der Waals surface area contributed by atoms with Crippen molar-refractivity contribution < 1.29 is 9.18 Å². The molecule has 1 amide bonds. The summed E-state index contributed by atoms with van der Waals surface area (Å²) in [5.74, 6) is 0.236. The van der Waals surface area contributed by atoms with Crippen molar-refractivity contribution in [3.63, 3.8) is 0 Å². The van der Waals surface area contributed by atoms with Crippen LogP contribution in [-0.4, -0.2) is 31.4 Å². The average Bonchev–Trinajstić information content (AvgIpc) is 3.19. The number of rotatable bonds is 6. The Hall–Kier alpha value is -3.52. The van der Waals surface area contributed by atoms with Gasteiger partial charge in [-0.2, -0.15) is 0 Å². The highest BCUT2D eigenvalue weighted by molar-refractivity contribution is 7.99. The molecule has 2 aromatic heterocycles. The number of thioether (sulfide) groups is 1. The van der Waals surface area contributed by atoms with Crippen LogP contribution >= 0.6 is 11.8 Å². The molecular weight excluding hydrogens is 401 g/mol. The van der Waals surface area contributed by atoms with Crippen LogP contribution in [0.2, 0.25) is 0 Å². The Labute approximate surface area is 177 Å². The highest BCUT2D eigenvalue weighted by Gasteiger charge is 2.17. The molecule has 150 valence electrons. The van der Waals surface area contributed by atoms with Crippen molar-refractivity contribution >= 4 is 23.4 Å². The first-order chi connectivity index (χ1) is 14.6. The molecule has 6 nitrogen and oxygen atoms in total. The van der Waals surface area contributed by atoms with Gasteiger partial charge in [-0.1, -0.05) is 30.0 Å². The fourth-order valence-electron chi connectivity index (χ4n) is 2.94. The number of aryl methyl sites for hydroxylation is 1. The van der Waals surface area contributed by atoms with Gasteiger partial charge in [0, 0.05) is 29.3 Å². The van der Waals surface area contributed by atoms with Crippen LogP contribution in [0.25, 0.3) is 17.1 Å². The van der Waals surface area contributed by atoms with Crippen LogP contribution in [0.4, 0.5) is 10.1 Å². The molecule has 2 aromatic carbocycles. The lowest BCUT2D eigenvalue weighted by Gasteiger charge is -2.11. The molecule has 8 heteroatoms. The fourth-order valence-corrected chi connectivity index (χ4v) is 3.69. The molecular formula is C22H18FN5OS. The quantitative estimate of drug-likeness (QED) is 0.466. The predicted octanol–water partition coefficient (Wildman–Crippen LogP) is 4.51. The van der Waals surface area contributed by atoms with Crippen LogP contribution in [0, 0.1) is 12.7 Å². The first kappa shape index (κ1) is 19.8. The Bertz CT molecular complexity index is 1160. The van der Waals surface area contributed by atoms with Gasteiger partial charge in [-0.3, -0.25) is 14.3 Å². The van der Waals surface area contributed by atoms with E-state index in [9.17, 15) is 9.18 Å². The van der Waals surface area contributed by atoms with Crippen LogP contribution in [0.3, 0.4) is 0 Å². The van der Waals surface area contributed by atoms with Gasteiger partial charge in [-0.15, -0.1) is 10.2 Å². The first-order valence-electron chi connectivity index (χ1n) is 9.22. The number of carbonyl (C=O) groups is 1. The third kappa shape index (κ3) is 4.38. The van der Waals surface area contributed by atoms with E-state index in [2.05, 4.69) is 20.5 Å². The van der Waals surface area contributed by atoms with Gasteiger partial charge < -0.3 is 5.32 Å². The predicted molar refractivity (Wildman–Crippen MR) is 115 cm³/mol. The minimum Gasteiger partial charge on any atom is -0.325 e. The zero-order valence-corrected chi connectivity index (χ0v) is 16.9. The summed E-state index contributed by atoms with van der Waals surface area (Å²) in [6, 6.07) is 17.7. The molecule has 4 aromatic rings. The van der Waals surface area contributed by atoms with Crippen molar-refractivity contribution in [3.8, 4) is 17.1 Å². The Morgan fingerprint density at radius 3 is 2.67 bits per heavy atom. The number of nitrogens with one attached hydrogen (secondary N) is 1. The second kappa shape index (κ2) is 8.87. The molecule has 0 atom stereocenters. The van der Waals surface area contributed by atoms with Gasteiger partial charge in [0.15, 0.2) is 11.0 Å². The fraction of sp³-hybridized carbons (Fsp3) is 0.0909. The Morgan fingerprint density at radius 2 is 1.93 bits per heavy atom. The van der Waals surface area contributed by atoms with Crippen LogP contribution in [0.1, 0.15) is 5.56 Å². The zero-order chi connectivity index (χ0) is 20.9. The van der Waals surface area contributed by atoms with E-state index in [-0.39, 0.29) is 17.5 Å². The van der Waals surface area contributed by atoms with Crippen molar-refractivity contribution in [1.29, 1.82) is 0 Å². The molecule has 0 aliphatic heterocycles. The summed E-state index contributed by atoms with van der Waals surface area (Å²) < 4.78 is 15.2. The number of hydrogen-bond acceptors (Lipinski definition) is 5. The van der Waals surface area contributed by atoms with Crippen molar-refractivity contribution in [1.82, 2.24) is 19.7 Å². The largest absolute Gasteiger partial charge is 0.325 e. The van der Waals surface area contributed by atoms with E-state index in [4.69, 9.17) is 0 Å². The number of amides is 1. The van der Waals surface area contributed by atoms with E-state index in [1.165, 1.54) is 23.9 Å². The van der Waals surface area contributed by atoms with Crippen molar-refractivity contribution in [2.75, 3.05) is 11.1 Å². The third-order valence-electron chi connectivity index (χ3n) is 4.36. The summed E-state index contributed by atoms with van der Waals surface area (Å²) in [4.78, 5) is 16.6. The number of aromatic nitrogens is 4. The Balaban J connectivity index is 1.57. The number of pyridine rings is 1. The smallest absolute Gasteiger partial charge is 0.234 e. The minimum absolute atomic E-state index is 0.134. The topological polar surface area (TPSA) is 72.7 Å². The molecule has 0 radical (unpaired) electrons. The minimum atomic E-state index is -0.334. The van der Waals surface area contributed by atoms with E-state index in [0.29, 0.717) is 22.2 Å². The van der Waals surface area contributed by atoms with Gasteiger partial charge in [0.2, 0.25) is 5.91 Å². The SMILES string of the molecule is Cc1cc(F)ccc1NC(=O)CSc1nnc(-c2cccnc2)n1-c1ccccc1. The van der Waals surface area contributed by atoms with Gasteiger partial charge in [0.05, 0.1) is 5.75 Å². The number of benzene rings is 2. The van der Waals surface area contributed by atoms with E-state index in [1.807, 2.05) is 47.0 Å². The average molecular weight is 419 g/mol. The van der Waals surface area contributed by atoms with Crippen molar-refractivity contribution in [3.05, 3.63) is 84.4 Å². The van der Waals surface area contributed by atoms with E-state index in [0.717, 1.165) is 11.3 Å². The number of halogens is 1. The zero-order valence-electron chi connectivity index (χ0n) is 16.1. The lowest BCUT2D eigenvalue weighted by atomic mass is 10.2. The molecule has 0 fully saturated rings. The summed E-state index contributed by atoms with van der Waals surface area (Å²) in [5.41, 5.74) is 2.97. The molecule has 30 heavy (non-hydrogen) atoms. The molecule has 4 rings (SSSR count). The molecule has 2 heterocycles. The maximum Gasteiger partial charge on any atom is 0.234 e. The second-order valence-electron chi connectivity index (χ2n) is 6.51. The Morgan fingerprint density at radius 1 is 1.10 bits per heavy atom. The molecule has 1 N–H and O–H groups in total.